The van der Waals surface area contributed by atoms with Crippen LogP contribution in [0.4, 0.5) is 0 Å². The van der Waals surface area contributed by atoms with Crippen molar-refractivity contribution in [1.29, 1.82) is 0 Å². The number of hydrogen-bond donors (Lipinski definition) is 1. The first-order valence-electron chi connectivity index (χ1n) is 6.63. The minimum atomic E-state index is -1.35. The number of rotatable bonds is 0. The molecule has 3 fully saturated rings. The molecule has 110 valence electrons. The highest BCUT2D eigenvalue weighted by Gasteiger charge is 2.68. The highest BCUT2D eigenvalue weighted by Crippen LogP contribution is 2.49. The van der Waals surface area contributed by atoms with E-state index in [1.54, 1.807) is 20.8 Å². The molecule has 1 spiro atoms. The van der Waals surface area contributed by atoms with Crippen LogP contribution in [0.1, 0.15) is 34.6 Å². The molecule has 6 heteroatoms. The third-order valence-corrected chi connectivity index (χ3v) is 4.01. The van der Waals surface area contributed by atoms with E-state index in [2.05, 4.69) is 0 Å². The molecule has 6 nitrogen and oxygen atoms in total. The van der Waals surface area contributed by atoms with Gasteiger partial charge in [-0.1, -0.05) is 0 Å². The van der Waals surface area contributed by atoms with Gasteiger partial charge in [-0.05, 0) is 34.6 Å². The van der Waals surface area contributed by atoms with Crippen molar-refractivity contribution in [2.75, 3.05) is 13.2 Å². The summed E-state index contributed by atoms with van der Waals surface area (Å²) in [6.07, 6.45) is -0.809. The number of fused-ring (bicyclic) bond motifs is 1. The molecule has 19 heavy (non-hydrogen) atoms. The van der Waals surface area contributed by atoms with Gasteiger partial charge in [0, 0.05) is 0 Å². The van der Waals surface area contributed by atoms with Crippen LogP contribution in [-0.2, 0) is 23.7 Å². The Balaban J connectivity index is 1.91. The molecule has 0 saturated carbocycles. The second-order valence-corrected chi connectivity index (χ2v) is 6.60. The Morgan fingerprint density at radius 2 is 1.63 bits per heavy atom. The number of hydrogen-bond acceptors (Lipinski definition) is 6. The maximum Gasteiger partial charge on any atom is 0.226 e. The van der Waals surface area contributed by atoms with Gasteiger partial charge in [0.1, 0.15) is 24.4 Å². The number of ether oxygens (including phenoxy) is 5. The Hall–Kier alpha value is -0.240. The van der Waals surface area contributed by atoms with E-state index in [0.29, 0.717) is 6.61 Å². The van der Waals surface area contributed by atoms with Crippen LogP contribution >= 0.6 is 0 Å². The Morgan fingerprint density at radius 3 is 2.21 bits per heavy atom. The summed E-state index contributed by atoms with van der Waals surface area (Å²) in [6, 6.07) is 0. The first-order chi connectivity index (χ1) is 8.57. The average Bonchev–Trinajstić information content (AvgIpc) is 2.73. The van der Waals surface area contributed by atoms with Crippen molar-refractivity contribution in [2.24, 2.45) is 0 Å². The lowest BCUT2D eigenvalue weighted by Gasteiger charge is -2.48. The molecule has 0 aromatic carbocycles. The van der Waals surface area contributed by atoms with Gasteiger partial charge in [0.05, 0.1) is 6.61 Å². The maximum atomic E-state index is 10.9. The van der Waals surface area contributed by atoms with E-state index in [1.807, 2.05) is 13.8 Å². The smallest absolute Gasteiger partial charge is 0.226 e. The molecule has 0 aromatic rings. The van der Waals surface area contributed by atoms with Crippen molar-refractivity contribution >= 4 is 0 Å². The fraction of sp³-hybridized carbons (Fsp3) is 1.00. The monoisotopic (exact) mass is 274 g/mol. The fourth-order valence-corrected chi connectivity index (χ4v) is 3.06. The molecule has 4 atom stereocenters. The standard InChI is InChI=1S/C13H22O6/c1-10(2)16-7-13(19-10)12(5,14)9-8(6-15-13)17-11(3,4)18-9/h8-9,14H,6-7H2,1-5H3/t8-,9-,12-,13+/m1/s1. The zero-order chi connectivity index (χ0) is 14.1. The predicted molar refractivity (Wildman–Crippen MR) is 64.2 cm³/mol. The summed E-state index contributed by atoms with van der Waals surface area (Å²) in [7, 11) is 0. The molecule has 0 radical (unpaired) electrons. The molecule has 3 aliphatic rings. The third kappa shape index (κ3) is 1.93. The van der Waals surface area contributed by atoms with E-state index in [9.17, 15) is 5.11 Å². The largest absolute Gasteiger partial charge is 0.382 e. The van der Waals surface area contributed by atoms with E-state index < -0.39 is 29.1 Å². The van der Waals surface area contributed by atoms with Crippen LogP contribution in [-0.4, -0.2) is 53.5 Å². The molecule has 3 heterocycles. The van der Waals surface area contributed by atoms with Gasteiger partial charge < -0.3 is 28.8 Å². The summed E-state index contributed by atoms with van der Waals surface area (Å²) in [5.74, 6) is -2.73. The third-order valence-electron chi connectivity index (χ3n) is 4.01. The van der Waals surface area contributed by atoms with Crippen LogP contribution in [0.25, 0.3) is 0 Å². The highest BCUT2D eigenvalue weighted by atomic mass is 16.9. The van der Waals surface area contributed by atoms with Crippen molar-refractivity contribution < 1.29 is 28.8 Å². The second-order valence-electron chi connectivity index (χ2n) is 6.60. The molecule has 0 aliphatic carbocycles. The number of aliphatic hydroxyl groups is 1. The van der Waals surface area contributed by atoms with Gasteiger partial charge >= 0.3 is 0 Å². The van der Waals surface area contributed by atoms with Crippen LogP contribution in [0.5, 0.6) is 0 Å². The van der Waals surface area contributed by atoms with Gasteiger partial charge in [0.2, 0.25) is 5.79 Å². The van der Waals surface area contributed by atoms with Crippen molar-refractivity contribution in [3.05, 3.63) is 0 Å². The minimum Gasteiger partial charge on any atom is -0.382 e. The zero-order valence-corrected chi connectivity index (χ0v) is 12.1. The Bertz CT molecular complexity index is 389. The molecule has 3 aliphatic heterocycles. The summed E-state index contributed by atoms with van der Waals surface area (Å²) >= 11 is 0. The minimum absolute atomic E-state index is 0.167. The molecule has 0 aromatic heterocycles. The molecule has 0 amide bonds. The summed E-state index contributed by atoms with van der Waals surface area (Å²) in [5, 5.41) is 10.9. The van der Waals surface area contributed by atoms with Crippen LogP contribution in [0.3, 0.4) is 0 Å². The SMILES string of the molecule is CC1(C)O[C@@H]2[C@@H](CO[C@]3(COC(C)(C)O3)[C@]2(C)O)O1. The van der Waals surface area contributed by atoms with Crippen molar-refractivity contribution in [1.82, 2.24) is 0 Å². The zero-order valence-electron chi connectivity index (χ0n) is 12.1. The van der Waals surface area contributed by atoms with E-state index in [-0.39, 0.29) is 12.7 Å². The molecule has 1 N–H and O–H groups in total. The summed E-state index contributed by atoms with van der Waals surface area (Å²) in [6.45, 7) is 9.36. The van der Waals surface area contributed by atoms with E-state index >= 15 is 0 Å². The van der Waals surface area contributed by atoms with Gasteiger partial charge in [-0.15, -0.1) is 0 Å². The summed E-state index contributed by atoms with van der Waals surface area (Å²) in [5.41, 5.74) is -1.35. The lowest BCUT2D eigenvalue weighted by molar-refractivity contribution is -0.361. The topological polar surface area (TPSA) is 66.4 Å². The Labute approximate surface area is 112 Å². The fourth-order valence-electron chi connectivity index (χ4n) is 3.06. The molecule has 0 bridgehead atoms. The quantitative estimate of drug-likeness (QED) is 0.703. The van der Waals surface area contributed by atoms with Crippen molar-refractivity contribution in [3.63, 3.8) is 0 Å². The molecule has 3 rings (SSSR count). The summed E-state index contributed by atoms with van der Waals surface area (Å²) < 4.78 is 28.8. The van der Waals surface area contributed by atoms with Crippen molar-refractivity contribution in [3.8, 4) is 0 Å². The second kappa shape index (κ2) is 3.69. The van der Waals surface area contributed by atoms with Crippen molar-refractivity contribution in [2.45, 2.75) is 69.8 Å². The van der Waals surface area contributed by atoms with Crippen LogP contribution in [0, 0.1) is 0 Å². The van der Waals surface area contributed by atoms with Gasteiger partial charge in [-0.25, -0.2) is 0 Å². The van der Waals surface area contributed by atoms with Crippen LogP contribution in [0.15, 0.2) is 0 Å². The normalized spacial score (nSPS) is 51.5. The van der Waals surface area contributed by atoms with Gasteiger partial charge in [0.25, 0.3) is 0 Å². The Kier molecular flexibility index (Phi) is 2.67. The first kappa shape index (κ1) is 13.7. The maximum absolute atomic E-state index is 10.9. The van der Waals surface area contributed by atoms with E-state index in [0.717, 1.165) is 0 Å². The molecule has 0 unspecified atom stereocenters. The molecular formula is C13H22O6. The summed E-state index contributed by atoms with van der Waals surface area (Å²) in [4.78, 5) is 0. The van der Waals surface area contributed by atoms with Gasteiger partial charge in [0.15, 0.2) is 11.6 Å². The first-order valence-corrected chi connectivity index (χ1v) is 6.63. The van der Waals surface area contributed by atoms with E-state index in [4.69, 9.17) is 23.7 Å². The lowest BCUT2D eigenvalue weighted by Crippen LogP contribution is -2.69. The molecular weight excluding hydrogens is 252 g/mol. The predicted octanol–water partition coefficient (Wildman–Crippen LogP) is 0.767. The van der Waals surface area contributed by atoms with Crippen LogP contribution < -0.4 is 0 Å². The Morgan fingerprint density at radius 1 is 0.947 bits per heavy atom. The van der Waals surface area contributed by atoms with Gasteiger partial charge in [-0.2, -0.15) is 0 Å². The molecule has 3 saturated heterocycles. The highest BCUT2D eigenvalue weighted by molar-refractivity contribution is 5.08. The van der Waals surface area contributed by atoms with Crippen LogP contribution in [0.2, 0.25) is 0 Å². The lowest BCUT2D eigenvalue weighted by atomic mass is 9.84. The average molecular weight is 274 g/mol. The van der Waals surface area contributed by atoms with E-state index in [1.165, 1.54) is 0 Å². The van der Waals surface area contributed by atoms with Gasteiger partial charge in [-0.3, -0.25) is 0 Å².